The number of aryl methyl sites for hydroxylation is 5. The molecular formula is C84H72F6N6O24. The third kappa shape index (κ3) is 23.8. The summed E-state index contributed by atoms with van der Waals surface area (Å²) in [5.41, 5.74) is 2.86. The number of anilines is 6. The van der Waals surface area contributed by atoms with E-state index in [9.17, 15) is 116 Å². The van der Waals surface area contributed by atoms with E-state index in [2.05, 4.69) is 31.9 Å². The predicted molar refractivity (Wildman–Crippen MR) is 423 cm³/mol. The van der Waals surface area contributed by atoms with Crippen molar-refractivity contribution in [2.24, 2.45) is 0 Å². The molecule has 30 nitrogen and oxygen atoms in total. The Morgan fingerprint density at radius 2 is 0.567 bits per heavy atom. The first-order chi connectivity index (χ1) is 56.3. The molecule has 0 saturated heterocycles. The minimum Gasteiger partial charge on any atom is -0.508 e. The van der Waals surface area contributed by atoms with E-state index in [0.717, 1.165) is 72.8 Å². The number of hydrogen-bond donors (Lipinski definition) is 24. The van der Waals surface area contributed by atoms with Crippen LogP contribution in [0.15, 0.2) is 182 Å². The fourth-order valence-corrected chi connectivity index (χ4v) is 9.90. The number of aromatic hydroxyl groups is 18. The zero-order valence-electron chi connectivity index (χ0n) is 63.1. The summed E-state index contributed by atoms with van der Waals surface area (Å²) in [6.45, 7) is 9.41. The van der Waals surface area contributed by atoms with E-state index < -0.39 is 139 Å². The number of nitrogens with one attached hydrogen (secondary N) is 6. The van der Waals surface area contributed by atoms with Crippen LogP contribution in [-0.4, -0.2) is 127 Å². The smallest absolute Gasteiger partial charge is 0.258 e. The average molecular weight is 1660 g/mol. The molecule has 6 amide bonds. The first kappa shape index (κ1) is 90.6. The summed E-state index contributed by atoms with van der Waals surface area (Å²) in [7, 11) is 0. The normalized spacial score (nSPS) is 10.3. The number of rotatable bonds is 12. The van der Waals surface area contributed by atoms with Crippen LogP contribution < -0.4 is 31.9 Å². The Kier molecular flexibility index (Phi) is 29.8. The first-order valence-electron chi connectivity index (χ1n) is 34.3. The molecular weight excluding hydrogens is 1590 g/mol. The predicted octanol–water partition coefficient (Wildman–Crippen LogP) is 15.0. The zero-order valence-corrected chi connectivity index (χ0v) is 63.1. The molecule has 0 aliphatic rings. The molecule has 12 aromatic carbocycles. The van der Waals surface area contributed by atoms with Gasteiger partial charge in [0.2, 0.25) is 0 Å². The van der Waals surface area contributed by atoms with Crippen molar-refractivity contribution in [1.82, 2.24) is 0 Å². The zero-order chi connectivity index (χ0) is 89.2. The third-order valence-corrected chi connectivity index (χ3v) is 16.7. The third-order valence-electron chi connectivity index (χ3n) is 16.7. The molecule has 0 heterocycles. The Balaban J connectivity index is 0.000000198. The van der Waals surface area contributed by atoms with Crippen LogP contribution in [0, 0.1) is 76.4 Å². The molecule has 0 radical (unpaired) electrons. The molecule has 0 aliphatic heterocycles. The number of carbonyl (C=O) groups excluding carboxylic acids is 6. The molecule has 36 heteroatoms. The maximum atomic E-state index is 13.8. The molecule has 0 bridgehead atoms. The Labute approximate surface area is 674 Å². The Bertz CT molecular complexity index is 5780. The lowest BCUT2D eigenvalue weighted by molar-refractivity contribution is 0.101. The molecule has 0 atom stereocenters. The summed E-state index contributed by atoms with van der Waals surface area (Å²) >= 11 is 0. The quantitative estimate of drug-likeness (QED) is 0.0307. The second kappa shape index (κ2) is 39.5. The Morgan fingerprint density at radius 3 is 1.02 bits per heavy atom. The van der Waals surface area contributed by atoms with Gasteiger partial charge in [0.05, 0.1) is 22.5 Å². The number of halogens is 6. The molecule has 12 rings (SSSR count). The highest BCUT2D eigenvalue weighted by Gasteiger charge is 2.23. The lowest BCUT2D eigenvalue weighted by atomic mass is 10.1. The molecule has 120 heavy (non-hydrogen) atoms. The van der Waals surface area contributed by atoms with Crippen LogP contribution in [-0.2, 0) is 0 Å². The van der Waals surface area contributed by atoms with Gasteiger partial charge in [0.1, 0.15) is 40.4 Å². The number of carbonyl (C=O) groups is 6. The molecule has 24 N–H and O–H groups in total. The second-order valence-corrected chi connectivity index (χ2v) is 25.6. The fraction of sp³-hybridized carbons (Fsp3) is 0.0714. The fourth-order valence-electron chi connectivity index (χ4n) is 9.90. The molecule has 0 saturated carbocycles. The molecule has 0 fully saturated rings. The van der Waals surface area contributed by atoms with Gasteiger partial charge in [-0.15, -0.1) is 0 Å². The van der Waals surface area contributed by atoms with Crippen molar-refractivity contribution in [2.75, 3.05) is 31.9 Å². The summed E-state index contributed by atoms with van der Waals surface area (Å²) < 4.78 is 81.2. The Hall–Kier alpha value is -16.6. The van der Waals surface area contributed by atoms with Crippen molar-refractivity contribution in [3.05, 3.63) is 284 Å². The Morgan fingerprint density at radius 1 is 0.217 bits per heavy atom. The van der Waals surface area contributed by atoms with Crippen LogP contribution in [0.25, 0.3) is 0 Å². The van der Waals surface area contributed by atoms with E-state index in [4.69, 9.17) is 30.6 Å². The number of phenolic OH excluding ortho intramolecular Hbond substituents is 18. The number of amides is 6. The van der Waals surface area contributed by atoms with Gasteiger partial charge in [-0.2, -0.15) is 0 Å². The highest BCUT2D eigenvalue weighted by molar-refractivity contribution is 6.08. The van der Waals surface area contributed by atoms with Crippen LogP contribution in [0.4, 0.5) is 60.5 Å². The van der Waals surface area contributed by atoms with E-state index >= 15 is 0 Å². The summed E-state index contributed by atoms with van der Waals surface area (Å²) in [6, 6.07) is 36.2. The molecule has 12 aromatic rings. The van der Waals surface area contributed by atoms with Gasteiger partial charge >= 0.3 is 0 Å². The number of benzene rings is 12. The van der Waals surface area contributed by atoms with Gasteiger partial charge in [-0.25, -0.2) is 26.3 Å². The summed E-state index contributed by atoms with van der Waals surface area (Å²) in [5, 5.41) is 181. The van der Waals surface area contributed by atoms with Gasteiger partial charge in [0.25, 0.3) is 35.4 Å². The monoisotopic (exact) mass is 1660 g/mol. The largest absolute Gasteiger partial charge is 0.508 e. The number of hydrogen-bond acceptors (Lipinski definition) is 24. The summed E-state index contributed by atoms with van der Waals surface area (Å²) in [6.07, 6.45) is 0. The minimum absolute atomic E-state index is 0.0244. The number of phenols is 18. The molecule has 624 valence electrons. The van der Waals surface area contributed by atoms with Crippen molar-refractivity contribution in [1.29, 1.82) is 0 Å². The van der Waals surface area contributed by atoms with E-state index in [1.165, 1.54) is 111 Å². The molecule has 0 aliphatic carbocycles. The van der Waals surface area contributed by atoms with Gasteiger partial charge < -0.3 is 124 Å². The molecule has 0 unspecified atom stereocenters. The van der Waals surface area contributed by atoms with Gasteiger partial charge in [-0.1, -0.05) is 0 Å². The molecule has 0 spiro atoms. The van der Waals surface area contributed by atoms with Crippen molar-refractivity contribution < 1.29 is 147 Å². The van der Waals surface area contributed by atoms with E-state index in [1.807, 2.05) is 0 Å². The van der Waals surface area contributed by atoms with E-state index in [1.54, 1.807) is 33.8 Å². The second-order valence-electron chi connectivity index (χ2n) is 25.6. The van der Waals surface area contributed by atoms with Gasteiger partial charge in [0.15, 0.2) is 98.0 Å². The van der Waals surface area contributed by atoms with Crippen LogP contribution >= 0.6 is 0 Å². The van der Waals surface area contributed by atoms with Crippen LogP contribution in [0.1, 0.15) is 95.5 Å². The van der Waals surface area contributed by atoms with Crippen molar-refractivity contribution in [3.8, 4) is 103 Å². The van der Waals surface area contributed by atoms with Crippen LogP contribution in [0.5, 0.6) is 103 Å². The van der Waals surface area contributed by atoms with Crippen LogP contribution in [0.2, 0.25) is 0 Å². The standard InChI is InChI=1S/6C14H12FNO4/c1-7-10(17)5-3-9(13(7)15)16-14(20)8-2-4-11(18)12(19)6-8;1-7-6-8(2-4-10(7)17)16-14(20)9-3-5-11(18)13(19)12(9)15;1-7-4-9(2-3-11(7)17)16-14(20)8-5-10(15)13(19)12(18)6-8;1-7-4-10(9(15)6-12(7)18)16-14(20)8-2-3-11(17)13(19)5-8;1-7-4-9(6-10(15)13(7)19)16-14(20)8-2-3-11(17)12(18)5-8;1-7-4-8(2-3-11(7)17)16-14(20)9-5-12(18)13(19)6-10(9)15/h6*2-6,17-19H,1H3,(H,16,20). The summed E-state index contributed by atoms with van der Waals surface area (Å²) in [5.74, 6) is -17.1. The van der Waals surface area contributed by atoms with E-state index in [0.29, 0.717) is 45.4 Å². The van der Waals surface area contributed by atoms with Gasteiger partial charge in [0, 0.05) is 68.8 Å². The van der Waals surface area contributed by atoms with E-state index in [-0.39, 0.29) is 96.4 Å². The highest BCUT2D eigenvalue weighted by atomic mass is 19.1. The highest BCUT2D eigenvalue weighted by Crippen LogP contribution is 2.36. The first-order valence-corrected chi connectivity index (χ1v) is 34.3. The topological polar surface area (TPSA) is 539 Å². The van der Waals surface area contributed by atoms with Gasteiger partial charge in [-0.05, 0) is 233 Å². The van der Waals surface area contributed by atoms with Gasteiger partial charge in [-0.3, -0.25) is 28.8 Å². The summed E-state index contributed by atoms with van der Waals surface area (Å²) in [4.78, 5) is 71.4. The lowest BCUT2D eigenvalue weighted by Gasteiger charge is -2.09. The maximum Gasteiger partial charge on any atom is 0.258 e. The minimum atomic E-state index is -1.20. The van der Waals surface area contributed by atoms with Crippen molar-refractivity contribution in [3.63, 3.8) is 0 Å². The van der Waals surface area contributed by atoms with Crippen molar-refractivity contribution >= 4 is 69.6 Å². The average Bonchev–Trinajstić information content (AvgIpc) is 0.845. The lowest BCUT2D eigenvalue weighted by Crippen LogP contribution is -2.13. The van der Waals surface area contributed by atoms with Crippen molar-refractivity contribution in [2.45, 2.75) is 41.5 Å². The maximum absolute atomic E-state index is 13.8. The van der Waals surface area contributed by atoms with Crippen LogP contribution in [0.3, 0.4) is 0 Å². The molecule has 0 aromatic heterocycles. The SMILES string of the molecule is Cc1c(O)ccc(NC(=O)c2ccc(O)c(O)c2)c1F.Cc1cc(NC(=O)c2cc(O)c(O)c(F)c2)ccc1O.Cc1cc(NC(=O)c2cc(O)c(O)cc2F)ccc1O.Cc1cc(NC(=O)c2ccc(O)c(O)c2)c(F)cc1O.Cc1cc(NC(=O)c2ccc(O)c(O)c2)cc(F)c1O.Cc1cc(NC(=O)c2ccc(O)c(O)c2F)ccc1O.